The number of benzene rings is 1. The molecule has 0 saturated carbocycles. The van der Waals surface area contributed by atoms with Crippen LogP contribution in [0, 0.1) is 10.8 Å². The van der Waals surface area contributed by atoms with E-state index in [-0.39, 0.29) is 51.8 Å². The topological polar surface area (TPSA) is 150 Å². The molecular weight excluding hydrogens is 722 g/mol. The highest BCUT2D eigenvalue weighted by Gasteiger charge is 2.38. The van der Waals surface area contributed by atoms with Gasteiger partial charge < -0.3 is 33.3 Å². The standard InChI is InChI=1S/C42H61N3O11/c1-8-35(46)53-29-41(11-4,30-54-36(47)9-2)27-52-28-42(12-5,31-55-37(48)10-3)32-56-38(49)17-18-43-19-21-44(22-20-43)34-15-13-33(14-16-34)39(50)40(6,7)45-23-25-51-26-24-45/h8-10,13-16H,1-3,11-12,17-32H2,4-7H3. The van der Waals surface area contributed by atoms with Crippen LogP contribution in [-0.2, 0) is 47.6 Å². The highest BCUT2D eigenvalue weighted by molar-refractivity contribution is 6.03. The van der Waals surface area contributed by atoms with Gasteiger partial charge in [0.15, 0.2) is 5.78 Å². The van der Waals surface area contributed by atoms with E-state index in [0.29, 0.717) is 38.2 Å². The number of carbonyl (C=O) groups excluding carboxylic acids is 5. The van der Waals surface area contributed by atoms with Crippen LogP contribution in [0.4, 0.5) is 5.69 Å². The summed E-state index contributed by atoms with van der Waals surface area (Å²) in [4.78, 5) is 68.9. The zero-order valence-corrected chi connectivity index (χ0v) is 33.7. The minimum absolute atomic E-state index is 0.0187. The van der Waals surface area contributed by atoms with Crippen molar-refractivity contribution >= 4 is 35.3 Å². The fourth-order valence-corrected chi connectivity index (χ4v) is 6.42. The van der Waals surface area contributed by atoms with Gasteiger partial charge in [-0.1, -0.05) is 33.6 Å². The summed E-state index contributed by atoms with van der Waals surface area (Å²) in [6.07, 6.45) is 4.18. The summed E-state index contributed by atoms with van der Waals surface area (Å²) in [6.45, 7) is 23.9. The van der Waals surface area contributed by atoms with E-state index < -0.39 is 40.2 Å². The minimum Gasteiger partial charge on any atom is -0.465 e. The second-order valence-electron chi connectivity index (χ2n) is 14.9. The molecule has 2 aliphatic heterocycles. The third kappa shape index (κ3) is 13.7. The third-order valence-electron chi connectivity index (χ3n) is 10.8. The van der Waals surface area contributed by atoms with E-state index in [4.69, 9.17) is 28.4 Å². The van der Waals surface area contributed by atoms with Crippen molar-refractivity contribution in [1.82, 2.24) is 9.80 Å². The number of Topliss-reactive ketones (excluding diaryl/α,β-unsaturated/α-hetero) is 1. The van der Waals surface area contributed by atoms with Gasteiger partial charge in [0.25, 0.3) is 0 Å². The molecular formula is C42H61N3O11. The van der Waals surface area contributed by atoms with E-state index in [1.165, 1.54) is 0 Å². The summed E-state index contributed by atoms with van der Waals surface area (Å²) in [6, 6.07) is 7.82. The Labute approximate surface area is 331 Å². The van der Waals surface area contributed by atoms with E-state index in [2.05, 4.69) is 34.4 Å². The summed E-state index contributed by atoms with van der Waals surface area (Å²) in [5, 5.41) is 0. The lowest BCUT2D eigenvalue weighted by Gasteiger charge is -2.39. The molecule has 310 valence electrons. The summed E-state index contributed by atoms with van der Waals surface area (Å²) in [5.74, 6) is -2.18. The first-order valence-corrected chi connectivity index (χ1v) is 19.3. The monoisotopic (exact) mass is 783 g/mol. The molecule has 0 bridgehead atoms. The summed E-state index contributed by atoms with van der Waals surface area (Å²) in [5.41, 5.74) is -0.663. The van der Waals surface area contributed by atoms with Gasteiger partial charge in [-0.3, -0.25) is 19.4 Å². The second-order valence-corrected chi connectivity index (χ2v) is 14.9. The van der Waals surface area contributed by atoms with Crippen LogP contribution < -0.4 is 4.90 Å². The van der Waals surface area contributed by atoms with Gasteiger partial charge in [-0.2, -0.15) is 0 Å². The molecule has 1 aromatic rings. The Hall–Kier alpha value is -4.37. The molecule has 1 atom stereocenters. The number of hydrogen-bond acceptors (Lipinski definition) is 14. The first kappa shape index (κ1) is 46.0. The Morgan fingerprint density at radius 2 is 1.14 bits per heavy atom. The van der Waals surface area contributed by atoms with Gasteiger partial charge in [0, 0.05) is 75.3 Å². The first-order chi connectivity index (χ1) is 26.8. The Bertz CT molecular complexity index is 1470. The predicted octanol–water partition coefficient (Wildman–Crippen LogP) is 4.03. The maximum atomic E-state index is 13.4. The van der Waals surface area contributed by atoms with Crippen molar-refractivity contribution in [3.63, 3.8) is 0 Å². The molecule has 2 aliphatic rings. The molecule has 14 heteroatoms. The van der Waals surface area contributed by atoms with E-state index in [9.17, 15) is 24.0 Å². The summed E-state index contributed by atoms with van der Waals surface area (Å²) < 4.78 is 33.4. The van der Waals surface area contributed by atoms with Gasteiger partial charge in [0.05, 0.1) is 49.2 Å². The molecule has 56 heavy (non-hydrogen) atoms. The molecule has 2 fully saturated rings. The van der Waals surface area contributed by atoms with Crippen LogP contribution >= 0.6 is 0 Å². The summed E-state index contributed by atoms with van der Waals surface area (Å²) in [7, 11) is 0. The molecule has 1 aromatic carbocycles. The van der Waals surface area contributed by atoms with Crippen molar-refractivity contribution in [3.05, 3.63) is 67.8 Å². The molecule has 3 rings (SSSR count). The van der Waals surface area contributed by atoms with Gasteiger partial charge in [-0.15, -0.1) is 0 Å². The molecule has 0 spiro atoms. The largest absolute Gasteiger partial charge is 0.465 e. The van der Waals surface area contributed by atoms with Crippen LogP contribution in [-0.4, -0.2) is 144 Å². The summed E-state index contributed by atoms with van der Waals surface area (Å²) >= 11 is 0. The van der Waals surface area contributed by atoms with Crippen molar-refractivity contribution in [2.45, 2.75) is 52.5 Å². The Morgan fingerprint density at radius 1 is 0.679 bits per heavy atom. The average Bonchev–Trinajstić information content (AvgIpc) is 3.24. The van der Waals surface area contributed by atoms with Gasteiger partial charge >= 0.3 is 23.9 Å². The van der Waals surface area contributed by atoms with E-state index in [0.717, 1.165) is 63.2 Å². The Kier molecular flexibility index (Phi) is 18.4. The van der Waals surface area contributed by atoms with E-state index >= 15 is 0 Å². The Morgan fingerprint density at radius 3 is 1.59 bits per heavy atom. The van der Waals surface area contributed by atoms with Crippen molar-refractivity contribution in [2.24, 2.45) is 10.8 Å². The molecule has 14 nitrogen and oxygen atoms in total. The molecule has 0 aromatic heterocycles. The fraction of sp³-hybridized carbons (Fsp3) is 0.595. The zero-order valence-electron chi connectivity index (χ0n) is 33.7. The van der Waals surface area contributed by atoms with Crippen molar-refractivity contribution in [3.8, 4) is 0 Å². The van der Waals surface area contributed by atoms with E-state index in [1.54, 1.807) is 0 Å². The predicted molar refractivity (Wildman–Crippen MR) is 211 cm³/mol. The number of morpholine rings is 1. The molecule has 0 aliphatic carbocycles. The normalized spacial score (nSPS) is 16.5. The lowest BCUT2D eigenvalue weighted by atomic mass is 9.86. The van der Waals surface area contributed by atoms with Gasteiger partial charge in [-0.05, 0) is 51.0 Å². The minimum atomic E-state index is -0.895. The SMILES string of the molecule is C=CC(=O)OCC(CC)(COCC(CC)(COC(=O)C=C)COC(=O)CCN1CCN(c2ccc(C(=O)C(C)(C)N3CCOCC3)cc2)CC1)COC(=O)C=C. The Balaban J connectivity index is 1.53. The van der Waals surface area contributed by atoms with Crippen LogP contribution in [0.5, 0.6) is 0 Å². The lowest BCUT2D eigenvalue weighted by molar-refractivity contribution is -0.159. The average molecular weight is 784 g/mol. The van der Waals surface area contributed by atoms with Crippen LogP contribution in [0.25, 0.3) is 0 Å². The molecule has 2 heterocycles. The quantitative estimate of drug-likeness (QED) is 0.0643. The second kappa shape index (κ2) is 22.4. The zero-order chi connectivity index (χ0) is 41.2. The first-order valence-electron chi connectivity index (χ1n) is 19.3. The molecule has 0 N–H and O–H groups in total. The number of nitrogens with zero attached hydrogens (tertiary/aromatic N) is 3. The number of ketones is 1. The van der Waals surface area contributed by atoms with Crippen LogP contribution in [0.2, 0.25) is 0 Å². The number of hydrogen-bond donors (Lipinski definition) is 0. The fourth-order valence-electron chi connectivity index (χ4n) is 6.42. The maximum absolute atomic E-state index is 13.4. The van der Waals surface area contributed by atoms with E-state index in [1.807, 2.05) is 52.0 Å². The van der Waals surface area contributed by atoms with Gasteiger partial charge in [0.1, 0.15) is 26.4 Å². The van der Waals surface area contributed by atoms with Crippen molar-refractivity contribution < 1.29 is 52.4 Å². The van der Waals surface area contributed by atoms with Crippen LogP contribution in [0.1, 0.15) is 57.3 Å². The molecule has 2 saturated heterocycles. The van der Waals surface area contributed by atoms with Crippen molar-refractivity contribution in [2.75, 3.05) is 104 Å². The number of anilines is 1. The number of ether oxygens (including phenoxy) is 6. The molecule has 1 unspecified atom stereocenters. The third-order valence-corrected chi connectivity index (χ3v) is 10.8. The number of esters is 4. The smallest absolute Gasteiger partial charge is 0.330 e. The number of piperazine rings is 1. The number of carbonyl (C=O) groups is 5. The lowest BCUT2D eigenvalue weighted by Crippen LogP contribution is -2.54. The number of rotatable bonds is 24. The highest BCUT2D eigenvalue weighted by atomic mass is 16.6. The highest BCUT2D eigenvalue weighted by Crippen LogP contribution is 2.29. The molecule has 0 radical (unpaired) electrons. The maximum Gasteiger partial charge on any atom is 0.330 e. The van der Waals surface area contributed by atoms with Crippen LogP contribution in [0.3, 0.4) is 0 Å². The van der Waals surface area contributed by atoms with Crippen LogP contribution in [0.15, 0.2) is 62.2 Å². The molecule has 0 amide bonds. The van der Waals surface area contributed by atoms with Gasteiger partial charge in [-0.25, -0.2) is 14.4 Å². The van der Waals surface area contributed by atoms with Gasteiger partial charge in [0.2, 0.25) is 0 Å². The van der Waals surface area contributed by atoms with Crippen molar-refractivity contribution in [1.29, 1.82) is 0 Å².